The number of anilines is 1. The SMILES string of the molecule is Nc1ccc(Cn2ccnc2C23CC4CC(CC(C4)C2)C3)cc1. The molecular weight excluding hydrogens is 282 g/mol. The minimum Gasteiger partial charge on any atom is -0.399 e. The van der Waals surface area contributed by atoms with Crippen LogP contribution < -0.4 is 5.73 Å². The zero-order chi connectivity index (χ0) is 15.4. The molecule has 6 rings (SSSR count). The topological polar surface area (TPSA) is 43.8 Å². The first-order valence-corrected chi connectivity index (χ1v) is 9.06. The smallest absolute Gasteiger partial charge is 0.115 e. The van der Waals surface area contributed by atoms with Crippen LogP contribution in [0.3, 0.4) is 0 Å². The van der Waals surface area contributed by atoms with Crippen LogP contribution in [-0.2, 0) is 12.0 Å². The van der Waals surface area contributed by atoms with Gasteiger partial charge < -0.3 is 10.3 Å². The number of nitrogens with zero attached hydrogens (tertiary/aromatic N) is 2. The number of rotatable bonds is 3. The maximum absolute atomic E-state index is 5.81. The molecule has 4 saturated carbocycles. The molecule has 4 aliphatic rings. The number of hydrogen-bond donors (Lipinski definition) is 1. The van der Waals surface area contributed by atoms with Crippen molar-refractivity contribution in [2.45, 2.75) is 50.5 Å². The summed E-state index contributed by atoms with van der Waals surface area (Å²) in [6.07, 6.45) is 12.7. The Hall–Kier alpha value is -1.77. The van der Waals surface area contributed by atoms with Crippen LogP contribution in [0.5, 0.6) is 0 Å². The lowest BCUT2D eigenvalue weighted by Gasteiger charge is -2.56. The molecule has 2 N–H and O–H groups in total. The number of aromatic nitrogens is 2. The lowest BCUT2D eigenvalue weighted by molar-refractivity contribution is -0.0108. The number of nitrogen functional groups attached to an aromatic ring is 1. The van der Waals surface area contributed by atoms with Gasteiger partial charge in [0.1, 0.15) is 5.82 Å². The van der Waals surface area contributed by atoms with Crippen molar-refractivity contribution < 1.29 is 0 Å². The Morgan fingerprint density at radius 1 is 1.00 bits per heavy atom. The van der Waals surface area contributed by atoms with Crippen LogP contribution in [0.1, 0.15) is 49.9 Å². The minimum absolute atomic E-state index is 0.367. The summed E-state index contributed by atoms with van der Waals surface area (Å²) in [4.78, 5) is 4.86. The zero-order valence-electron chi connectivity index (χ0n) is 13.6. The Bertz CT molecular complexity index is 677. The summed E-state index contributed by atoms with van der Waals surface area (Å²) in [6, 6.07) is 8.27. The van der Waals surface area contributed by atoms with E-state index in [4.69, 9.17) is 10.7 Å². The predicted octanol–water partition coefficient (Wildman–Crippen LogP) is 3.98. The fraction of sp³-hybridized carbons (Fsp3) is 0.550. The summed E-state index contributed by atoms with van der Waals surface area (Å²) in [6.45, 7) is 0.914. The van der Waals surface area contributed by atoms with Gasteiger partial charge in [0, 0.05) is 30.0 Å². The van der Waals surface area contributed by atoms with E-state index in [0.717, 1.165) is 30.0 Å². The quantitative estimate of drug-likeness (QED) is 0.872. The van der Waals surface area contributed by atoms with Crippen LogP contribution in [0, 0.1) is 17.8 Å². The Morgan fingerprint density at radius 3 is 2.22 bits per heavy atom. The number of hydrogen-bond acceptors (Lipinski definition) is 2. The van der Waals surface area contributed by atoms with E-state index in [1.807, 2.05) is 18.3 Å². The van der Waals surface area contributed by atoms with E-state index in [0.29, 0.717) is 5.41 Å². The molecule has 0 radical (unpaired) electrons. The Balaban J connectivity index is 1.48. The van der Waals surface area contributed by atoms with E-state index >= 15 is 0 Å². The van der Waals surface area contributed by atoms with Gasteiger partial charge in [0.05, 0.1) is 0 Å². The summed E-state index contributed by atoms with van der Waals surface area (Å²) >= 11 is 0. The first-order chi connectivity index (χ1) is 11.2. The number of nitrogens with two attached hydrogens (primary N) is 1. The second-order valence-corrected chi connectivity index (χ2v) is 8.32. The average Bonchev–Trinajstić information content (AvgIpc) is 2.97. The molecule has 0 spiro atoms. The van der Waals surface area contributed by atoms with Gasteiger partial charge in [0.25, 0.3) is 0 Å². The minimum atomic E-state index is 0.367. The summed E-state index contributed by atoms with van der Waals surface area (Å²) in [5, 5.41) is 0. The van der Waals surface area contributed by atoms with Crippen molar-refractivity contribution >= 4 is 5.69 Å². The van der Waals surface area contributed by atoms with Gasteiger partial charge in [-0.25, -0.2) is 4.98 Å². The molecule has 0 saturated heterocycles. The third-order valence-electron chi connectivity index (χ3n) is 6.56. The number of imidazole rings is 1. The zero-order valence-corrected chi connectivity index (χ0v) is 13.6. The van der Waals surface area contributed by atoms with E-state index < -0.39 is 0 Å². The molecule has 0 aliphatic heterocycles. The highest BCUT2D eigenvalue weighted by Crippen LogP contribution is 2.60. The molecular formula is C20H25N3. The summed E-state index contributed by atoms with van der Waals surface area (Å²) in [7, 11) is 0. The van der Waals surface area contributed by atoms with Crippen LogP contribution in [0.2, 0.25) is 0 Å². The molecule has 0 amide bonds. The Morgan fingerprint density at radius 2 is 1.61 bits per heavy atom. The molecule has 4 fully saturated rings. The van der Waals surface area contributed by atoms with Gasteiger partial charge in [-0.3, -0.25) is 0 Å². The van der Waals surface area contributed by atoms with Crippen LogP contribution in [0.15, 0.2) is 36.7 Å². The highest BCUT2D eigenvalue weighted by Gasteiger charge is 2.53. The molecule has 4 aliphatic carbocycles. The van der Waals surface area contributed by atoms with Crippen molar-refractivity contribution in [3.63, 3.8) is 0 Å². The Labute approximate surface area is 137 Å². The predicted molar refractivity (Wildman–Crippen MR) is 92.0 cm³/mol. The van der Waals surface area contributed by atoms with E-state index in [1.165, 1.54) is 49.9 Å². The largest absolute Gasteiger partial charge is 0.399 e. The maximum Gasteiger partial charge on any atom is 0.115 e. The van der Waals surface area contributed by atoms with Gasteiger partial charge in [-0.2, -0.15) is 0 Å². The van der Waals surface area contributed by atoms with Crippen molar-refractivity contribution in [3.8, 4) is 0 Å². The standard InChI is InChI=1S/C20H25N3/c21-18-3-1-14(2-4-18)13-23-6-5-22-19(23)20-10-15-7-16(11-20)9-17(8-15)12-20/h1-6,15-17H,7-13,21H2. The van der Waals surface area contributed by atoms with Crippen LogP contribution in [0.25, 0.3) is 0 Å². The summed E-state index contributed by atoms with van der Waals surface area (Å²) < 4.78 is 2.40. The van der Waals surface area contributed by atoms with E-state index in [2.05, 4.69) is 22.9 Å². The molecule has 1 aromatic carbocycles. The van der Waals surface area contributed by atoms with Crippen molar-refractivity contribution in [3.05, 3.63) is 48.0 Å². The second-order valence-electron chi connectivity index (χ2n) is 8.32. The maximum atomic E-state index is 5.81. The first-order valence-electron chi connectivity index (χ1n) is 9.06. The van der Waals surface area contributed by atoms with Crippen molar-refractivity contribution in [1.29, 1.82) is 0 Å². The van der Waals surface area contributed by atoms with Gasteiger partial charge in [-0.05, 0) is 74.0 Å². The second kappa shape index (κ2) is 4.86. The molecule has 0 unspecified atom stereocenters. The summed E-state index contributed by atoms with van der Waals surface area (Å²) in [5.74, 6) is 4.24. The third kappa shape index (κ3) is 2.20. The highest BCUT2D eigenvalue weighted by atomic mass is 15.1. The molecule has 120 valence electrons. The van der Waals surface area contributed by atoms with Crippen LogP contribution in [0.4, 0.5) is 5.69 Å². The van der Waals surface area contributed by atoms with Gasteiger partial charge in [0.15, 0.2) is 0 Å². The van der Waals surface area contributed by atoms with Gasteiger partial charge in [0.2, 0.25) is 0 Å². The van der Waals surface area contributed by atoms with E-state index in [-0.39, 0.29) is 0 Å². The van der Waals surface area contributed by atoms with Gasteiger partial charge >= 0.3 is 0 Å². The highest BCUT2D eigenvalue weighted by molar-refractivity contribution is 5.39. The van der Waals surface area contributed by atoms with E-state index in [9.17, 15) is 0 Å². The first kappa shape index (κ1) is 13.6. The molecule has 3 heteroatoms. The normalized spacial score (nSPS) is 34.9. The van der Waals surface area contributed by atoms with Crippen LogP contribution >= 0.6 is 0 Å². The van der Waals surface area contributed by atoms with Gasteiger partial charge in [-0.1, -0.05) is 12.1 Å². The average molecular weight is 307 g/mol. The lowest BCUT2D eigenvalue weighted by Crippen LogP contribution is -2.49. The van der Waals surface area contributed by atoms with Crippen molar-refractivity contribution in [2.24, 2.45) is 17.8 Å². The summed E-state index contributed by atoms with van der Waals surface area (Å²) in [5.41, 5.74) is 8.32. The molecule has 1 aromatic heterocycles. The molecule has 0 atom stereocenters. The molecule has 2 aromatic rings. The fourth-order valence-corrected chi connectivity index (χ4v) is 6.10. The van der Waals surface area contributed by atoms with E-state index in [1.54, 1.807) is 0 Å². The van der Waals surface area contributed by atoms with Crippen molar-refractivity contribution in [2.75, 3.05) is 5.73 Å². The number of benzene rings is 1. The lowest BCUT2D eigenvalue weighted by atomic mass is 9.49. The van der Waals surface area contributed by atoms with Crippen LogP contribution in [-0.4, -0.2) is 9.55 Å². The van der Waals surface area contributed by atoms with Crippen molar-refractivity contribution in [1.82, 2.24) is 9.55 Å². The molecule has 3 nitrogen and oxygen atoms in total. The molecule has 23 heavy (non-hydrogen) atoms. The Kier molecular flexibility index (Phi) is 2.88. The monoisotopic (exact) mass is 307 g/mol. The van der Waals surface area contributed by atoms with Gasteiger partial charge in [-0.15, -0.1) is 0 Å². The molecule has 1 heterocycles. The molecule has 4 bridgehead atoms. The third-order valence-corrected chi connectivity index (χ3v) is 6.56. The fourth-order valence-electron chi connectivity index (χ4n) is 6.10.